The summed E-state index contributed by atoms with van der Waals surface area (Å²) in [4.78, 5) is 15.6. The Morgan fingerprint density at radius 2 is 0.875 bits per heavy atom. The van der Waals surface area contributed by atoms with Crippen molar-refractivity contribution >= 4 is 43.7 Å². The van der Waals surface area contributed by atoms with Crippen LogP contribution in [0.1, 0.15) is 0 Å². The number of para-hydroxylation sites is 4. The van der Waals surface area contributed by atoms with Gasteiger partial charge < -0.3 is 4.57 Å². The molecule has 4 heterocycles. The predicted molar refractivity (Wildman–Crippen MR) is 230 cm³/mol. The van der Waals surface area contributed by atoms with Crippen molar-refractivity contribution in [3.8, 4) is 56.4 Å². The standard InChI is InChI=1S/C51H33N5/c1-4-14-36(15-5-1)47-50-48(43-21-10-12-22-44(43)53-47)54-51(56(50)40-18-8-3-9-19-40)38-30-26-35(27-31-38)34-24-28-37(29-25-34)46-49-42(32-33-52-46)41-20-11-13-23-45(41)55(49)39-16-6-2-7-17-39/h1-33H. The zero-order valence-corrected chi connectivity index (χ0v) is 30.3. The molecular formula is C51H33N5. The SMILES string of the molecule is c1ccc(-c2nc3ccccc3c3nc(-c4ccc(-c5ccc(-c6nccc7c8ccccc8n(-c8ccccc8)c67)cc5)cc4)n(-c4ccccc4)c23)cc1. The van der Waals surface area contributed by atoms with Gasteiger partial charge in [-0.3, -0.25) is 9.55 Å². The molecule has 0 bridgehead atoms. The predicted octanol–water partition coefficient (Wildman–Crippen LogP) is 12.7. The first-order valence-corrected chi connectivity index (χ1v) is 18.9. The first-order valence-electron chi connectivity index (χ1n) is 18.9. The van der Waals surface area contributed by atoms with Crippen molar-refractivity contribution in [3.05, 3.63) is 200 Å². The van der Waals surface area contributed by atoms with Gasteiger partial charge in [-0.25, -0.2) is 9.97 Å². The van der Waals surface area contributed by atoms with Gasteiger partial charge >= 0.3 is 0 Å². The van der Waals surface area contributed by atoms with Gasteiger partial charge in [0, 0.05) is 50.4 Å². The van der Waals surface area contributed by atoms with Gasteiger partial charge in [0.15, 0.2) is 0 Å². The van der Waals surface area contributed by atoms with Gasteiger partial charge in [0.05, 0.1) is 27.9 Å². The van der Waals surface area contributed by atoms with Crippen molar-refractivity contribution in [1.29, 1.82) is 0 Å². The van der Waals surface area contributed by atoms with Crippen LogP contribution >= 0.6 is 0 Å². The molecule has 0 atom stereocenters. The van der Waals surface area contributed by atoms with Gasteiger partial charge in [-0.1, -0.05) is 152 Å². The Labute approximate surface area is 323 Å². The molecule has 56 heavy (non-hydrogen) atoms. The molecule has 0 saturated heterocycles. The summed E-state index contributed by atoms with van der Waals surface area (Å²) in [6.07, 6.45) is 1.93. The highest BCUT2D eigenvalue weighted by Gasteiger charge is 2.22. The van der Waals surface area contributed by atoms with Crippen LogP contribution in [0.5, 0.6) is 0 Å². The summed E-state index contributed by atoms with van der Waals surface area (Å²) in [6, 6.07) is 68.0. The summed E-state index contributed by atoms with van der Waals surface area (Å²) in [5.41, 5.74) is 14.6. The second-order valence-electron chi connectivity index (χ2n) is 14.0. The van der Waals surface area contributed by atoms with E-state index in [0.717, 1.165) is 83.9 Å². The van der Waals surface area contributed by atoms with Crippen molar-refractivity contribution in [2.75, 3.05) is 0 Å². The second kappa shape index (κ2) is 13.0. The lowest BCUT2D eigenvalue weighted by atomic mass is 10.0. The number of fused-ring (bicyclic) bond motifs is 6. The fourth-order valence-corrected chi connectivity index (χ4v) is 8.19. The van der Waals surface area contributed by atoms with E-state index in [1.165, 1.54) is 16.3 Å². The van der Waals surface area contributed by atoms with Crippen molar-refractivity contribution in [2.24, 2.45) is 0 Å². The lowest BCUT2D eigenvalue weighted by Gasteiger charge is -2.13. The van der Waals surface area contributed by atoms with E-state index in [-0.39, 0.29) is 0 Å². The van der Waals surface area contributed by atoms with Gasteiger partial charge in [-0.05, 0) is 53.6 Å². The van der Waals surface area contributed by atoms with Crippen LogP contribution in [-0.4, -0.2) is 24.1 Å². The maximum Gasteiger partial charge on any atom is 0.145 e. The maximum atomic E-state index is 5.40. The molecule has 5 nitrogen and oxygen atoms in total. The lowest BCUT2D eigenvalue weighted by Crippen LogP contribution is -2.00. The van der Waals surface area contributed by atoms with Crippen molar-refractivity contribution in [3.63, 3.8) is 0 Å². The van der Waals surface area contributed by atoms with E-state index in [2.05, 4.69) is 185 Å². The van der Waals surface area contributed by atoms with Crippen LogP contribution in [0.15, 0.2) is 200 Å². The Hall–Kier alpha value is -7.63. The van der Waals surface area contributed by atoms with Gasteiger partial charge in [-0.2, -0.15) is 0 Å². The molecule has 0 fully saturated rings. The molecular weight excluding hydrogens is 683 g/mol. The third-order valence-corrected chi connectivity index (χ3v) is 10.8. The smallest absolute Gasteiger partial charge is 0.145 e. The summed E-state index contributed by atoms with van der Waals surface area (Å²) in [5, 5.41) is 3.44. The molecule has 5 heteroatoms. The molecule has 0 N–H and O–H groups in total. The first-order chi connectivity index (χ1) is 27.8. The van der Waals surface area contributed by atoms with Crippen LogP contribution in [0.4, 0.5) is 0 Å². The Morgan fingerprint density at radius 1 is 0.339 bits per heavy atom. The number of aromatic nitrogens is 5. The molecule has 0 aliphatic heterocycles. The Bertz CT molecular complexity index is 3200. The highest BCUT2D eigenvalue weighted by molar-refractivity contribution is 6.13. The highest BCUT2D eigenvalue weighted by Crippen LogP contribution is 2.40. The number of hydrogen-bond donors (Lipinski definition) is 0. The Balaban J connectivity index is 1.02. The van der Waals surface area contributed by atoms with Crippen LogP contribution in [0.2, 0.25) is 0 Å². The number of pyridine rings is 2. The van der Waals surface area contributed by atoms with Crippen LogP contribution in [0, 0.1) is 0 Å². The van der Waals surface area contributed by atoms with Crippen molar-refractivity contribution in [1.82, 2.24) is 24.1 Å². The van der Waals surface area contributed by atoms with Crippen LogP contribution in [0.25, 0.3) is 100 Å². The third-order valence-electron chi connectivity index (χ3n) is 10.8. The van der Waals surface area contributed by atoms with E-state index in [1.54, 1.807) is 0 Å². The quantitative estimate of drug-likeness (QED) is 0.172. The fourth-order valence-electron chi connectivity index (χ4n) is 8.19. The van der Waals surface area contributed by atoms with Crippen molar-refractivity contribution in [2.45, 2.75) is 0 Å². The minimum absolute atomic E-state index is 0.872. The molecule has 0 unspecified atom stereocenters. The second-order valence-corrected chi connectivity index (χ2v) is 14.0. The minimum Gasteiger partial charge on any atom is -0.307 e. The lowest BCUT2D eigenvalue weighted by molar-refractivity contribution is 1.10. The Morgan fingerprint density at radius 3 is 1.57 bits per heavy atom. The topological polar surface area (TPSA) is 48.5 Å². The van der Waals surface area contributed by atoms with Gasteiger partial charge in [-0.15, -0.1) is 0 Å². The number of hydrogen-bond acceptors (Lipinski definition) is 3. The largest absolute Gasteiger partial charge is 0.307 e. The summed E-state index contributed by atoms with van der Waals surface area (Å²) < 4.78 is 4.60. The summed E-state index contributed by atoms with van der Waals surface area (Å²) in [6.45, 7) is 0. The monoisotopic (exact) mass is 715 g/mol. The van der Waals surface area contributed by atoms with Gasteiger partial charge in [0.2, 0.25) is 0 Å². The summed E-state index contributed by atoms with van der Waals surface area (Å²) >= 11 is 0. The van der Waals surface area contributed by atoms with Gasteiger partial charge in [0.1, 0.15) is 16.9 Å². The molecule has 11 rings (SSSR count). The molecule has 0 aliphatic carbocycles. The average molecular weight is 716 g/mol. The van der Waals surface area contributed by atoms with E-state index < -0.39 is 0 Å². The molecule has 0 radical (unpaired) electrons. The van der Waals surface area contributed by atoms with Gasteiger partial charge in [0.25, 0.3) is 0 Å². The van der Waals surface area contributed by atoms with Crippen LogP contribution in [-0.2, 0) is 0 Å². The normalized spacial score (nSPS) is 11.6. The number of benzene rings is 7. The molecule has 0 aliphatic rings. The molecule has 0 amide bonds. The number of imidazole rings is 1. The molecule has 4 aromatic heterocycles. The zero-order chi connectivity index (χ0) is 37.0. The molecule has 262 valence electrons. The minimum atomic E-state index is 0.872. The Kier molecular flexibility index (Phi) is 7.42. The molecule has 7 aromatic carbocycles. The molecule has 11 aromatic rings. The van der Waals surface area contributed by atoms with E-state index >= 15 is 0 Å². The van der Waals surface area contributed by atoms with Crippen molar-refractivity contribution < 1.29 is 0 Å². The summed E-state index contributed by atoms with van der Waals surface area (Å²) in [7, 11) is 0. The summed E-state index contributed by atoms with van der Waals surface area (Å²) in [5.74, 6) is 0.872. The van der Waals surface area contributed by atoms with Crippen LogP contribution < -0.4 is 0 Å². The van der Waals surface area contributed by atoms with Crippen LogP contribution in [0.3, 0.4) is 0 Å². The molecule has 0 saturated carbocycles. The van der Waals surface area contributed by atoms with E-state index in [0.29, 0.717) is 0 Å². The molecule has 0 spiro atoms. The zero-order valence-electron chi connectivity index (χ0n) is 30.3. The average Bonchev–Trinajstić information content (AvgIpc) is 3.85. The fraction of sp³-hybridized carbons (Fsp3) is 0. The van der Waals surface area contributed by atoms with E-state index in [1.807, 2.05) is 24.4 Å². The van der Waals surface area contributed by atoms with E-state index in [4.69, 9.17) is 15.0 Å². The van der Waals surface area contributed by atoms with E-state index in [9.17, 15) is 0 Å². The number of nitrogens with zero attached hydrogens (tertiary/aromatic N) is 5. The number of rotatable bonds is 6. The first kappa shape index (κ1) is 31.9. The highest BCUT2D eigenvalue weighted by atomic mass is 15.1. The third kappa shape index (κ3) is 5.13. The maximum absolute atomic E-state index is 5.40.